The first-order valence-electron chi connectivity index (χ1n) is 8.37. The number of nitrogens with zero attached hydrogens (tertiary/aromatic N) is 1. The van der Waals surface area contributed by atoms with E-state index in [2.05, 4.69) is 11.8 Å². The number of hydrogen-bond acceptors (Lipinski definition) is 6. The summed E-state index contributed by atoms with van der Waals surface area (Å²) < 4.78 is 5.52. The van der Waals surface area contributed by atoms with Gasteiger partial charge >= 0.3 is 11.9 Å². The Kier molecular flexibility index (Phi) is 6.52. The monoisotopic (exact) mass is 348 g/mol. The second kappa shape index (κ2) is 8.62. The molecule has 0 aromatic heterocycles. The molecule has 1 atom stereocenters. The molecule has 0 heterocycles. The van der Waals surface area contributed by atoms with Crippen molar-refractivity contribution in [2.24, 2.45) is 0 Å². The number of rotatable bonds is 7. The topological polar surface area (TPSA) is 84.9 Å². The van der Waals surface area contributed by atoms with Crippen LogP contribution in [0.2, 0.25) is 0 Å². The fraction of sp³-hybridized carbons (Fsp3) is 0.500. The van der Waals surface area contributed by atoms with Crippen LogP contribution in [0, 0.1) is 0 Å². The maximum Gasteiger partial charge on any atom is 0.343 e. The molecule has 0 spiro atoms. The minimum absolute atomic E-state index is 0.370. The fourth-order valence-corrected chi connectivity index (χ4v) is 2.43. The number of amides is 1. The second-order valence-electron chi connectivity index (χ2n) is 6.14. The van der Waals surface area contributed by atoms with Crippen LogP contribution in [0.25, 0.3) is 0 Å². The van der Waals surface area contributed by atoms with Crippen LogP contribution >= 0.6 is 0 Å². The normalized spacial score (nSPS) is 14.7. The summed E-state index contributed by atoms with van der Waals surface area (Å²) in [5.41, 5.74) is 3.95. The molecule has 25 heavy (non-hydrogen) atoms. The first-order valence-corrected chi connectivity index (χ1v) is 8.37. The Morgan fingerprint density at radius 2 is 1.84 bits per heavy atom. The van der Waals surface area contributed by atoms with Crippen LogP contribution in [-0.2, 0) is 30.4 Å². The Morgan fingerprint density at radius 3 is 2.36 bits per heavy atom. The molecule has 136 valence electrons. The zero-order valence-corrected chi connectivity index (χ0v) is 14.8. The Hall–Kier alpha value is -2.41. The van der Waals surface area contributed by atoms with Gasteiger partial charge in [-0.1, -0.05) is 31.2 Å². The summed E-state index contributed by atoms with van der Waals surface area (Å²) in [5.74, 6) is -2.09. The van der Waals surface area contributed by atoms with Gasteiger partial charge in [-0.3, -0.25) is 14.5 Å². The lowest BCUT2D eigenvalue weighted by Gasteiger charge is -2.28. The predicted octanol–water partition coefficient (Wildman–Crippen LogP) is 1.87. The van der Waals surface area contributed by atoms with E-state index in [9.17, 15) is 14.4 Å². The van der Waals surface area contributed by atoms with E-state index < -0.39 is 30.5 Å². The maximum atomic E-state index is 12.1. The van der Waals surface area contributed by atoms with E-state index in [4.69, 9.17) is 4.74 Å². The number of ether oxygens (including phenoxy) is 1. The molecule has 1 unspecified atom stereocenters. The van der Waals surface area contributed by atoms with Crippen molar-refractivity contribution in [2.45, 2.75) is 51.8 Å². The van der Waals surface area contributed by atoms with Gasteiger partial charge < -0.3 is 9.57 Å². The molecule has 1 aliphatic rings. The zero-order valence-electron chi connectivity index (χ0n) is 14.8. The fourth-order valence-electron chi connectivity index (χ4n) is 2.43. The molecule has 0 radical (unpaired) electrons. The second-order valence-corrected chi connectivity index (χ2v) is 6.14. The van der Waals surface area contributed by atoms with Gasteiger partial charge in [-0.25, -0.2) is 4.79 Å². The number of aryl methyl sites for hydroxylation is 1. The molecule has 1 aromatic carbocycles. The summed E-state index contributed by atoms with van der Waals surface area (Å²) in [4.78, 5) is 40.8. The first kappa shape index (κ1) is 18.9. The molecule has 1 N–H and O–H groups in total. The quantitative estimate of drug-likeness (QED) is 0.350. The first-order chi connectivity index (χ1) is 11.9. The third kappa shape index (κ3) is 5.86. The van der Waals surface area contributed by atoms with E-state index in [1.54, 1.807) is 0 Å². The number of hydroxylamine groups is 1. The number of hydrogen-bond donors (Lipinski definition) is 1. The van der Waals surface area contributed by atoms with Crippen molar-refractivity contribution in [3.05, 3.63) is 35.4 Å². The van der Waals surface area contributed by atoms with Gasteiger partial charge in [0.25, 0.3) is 0 Å². The van der Waals surface area contributed by atoms with E-state index in [1.807, 2.05) is 41.7 Å². The van der Waals surface area contributed by atoms with Crippen molar-refractivity contribution in [1.82, 2.24) is 10.4 Å². The highest BCUT2D eigenvalue weighted by atomic mass is 16.7. The molecule has 1 amide bonds. The molecule has 2 rings (SSSR count). The number of benzene rings is 1. The van der Waals surface area contributed by atoms with E-state index in [0.29, 0.717) is 6.04 Å². The standard InChI is InChI=1S/C18H24N2O5/c1-4-13-5-7-14(8-6-13)18(20(3)15-9-10-15)24-16(22)11-17(23)25-19-12(2)21/h5-8,15,18H,4,9-11H2,1-3H3,(H,19,21). The van der Waals surface area contributed by atoms with E-state index in [-0.39, 0.29) is 0 Å². The molecule has 1 aromatic rings. The van der Waals surface area contributed by atoms with Gasteiger partial charge in [-0.05, 0) is 31.9 Å². The van der Waals surface area contributed by atoms with Crippen molar-refractivity contribution in [3.8, 4) is 0 Å². The van der Waals surface area contributed by atoms with Crippen molar-refractivity contribution < 1.29 is 24.0 Å². The average Bonchev–Trinajstić information content (AvgIpc) is 3.42. The molecule has 1 fully saturated rings. The molecular formula is C18H24N2O5. The number of carbonyl (C=O) groups is 3. The minimum Gasteiger partial charge on any atom is -0.442 e. The van der Waals surface area contributed by atoms with Crippen LogP contribution in [-0.4, -0.2) is 35.8 Å². The van der Waals surface area contributed by atoms with Gasteiger partial charge in [-0.15, -0.1) is 0 Å². The van der Waals surface area contributed by atoms with E-state index in [0.717, 1.165) is 24.8 Å². The molecule has 0 aliphatic heterocycles. The minimum atomic E-state index is -0.866. The lowest BCUT2D eigenvalue weighted by Crippen LogP contribution is -2.32. The number of carbonyl (C=O) groups excluding carboxylic acids is 3. The van der Waals surface area contributed by atoms with Crippen LogP contribution in [0.4, 0.5) is 0 Å². The summed E-state index contributed by atoms with van der Waals surface area (Å²) in [6.07, 6.45) is 1.92. The Morgan fingerprint density at radius 1 is 1.20 bits per heavy atom. The van der Waals surface area contributed by atoms with Crippen LogP contribution in [0.1, 0.15) is 50.5 Å². The van der Waals surface area contributed by atoms with E-state index >= 15 is 0 Å². The van der Waals surface area contributed by atoms with Crippen molar-refractivity contribution in [2.75, 3.05) is 7.05 Å². The molecule has 0 bridgehead atoms. The highest BCUT2D eigenvalue weighted by Gasteiger charge is 2.34. The largest absolute Gasteiger partial charge is 0.442 e. The van der Waals surface area contributed by atoms with Crippen LogP contribution < -0.4 is 5.48 Å². The van der Waals surface area contributed by atoms with Gasteiger partial charge in [0.1, 0.15) is 6.42 Å². The molecule has 7 heteroatoms. The Labute approximate surface area is 147 Å². The molecule has 1 aliphatic carbocycles. The molecule has 0 saturated heterocycles. The van der Waals surface area contributed by atoms with Crippen molar-refractivity contribution in [1.29, 1.82) is 0 Å². The average molecular weight is 348 g/mol. The SMILES string of the molecule is CCc1ccc(C(OC(=O)CC(=O)ONC(C)=O)N(C)C2CC2)cc1. The van der Waals surface area contributed by atoms with Gasteiger partial charge in [-0.2, -0.15) is 5.48 Å². The third-order valence-electron chi connectivity index (χ3n) is 4.01. The highest BCUT2D eigenvalue weighted by Crippen LogP contribution is 2.33. The predicted molar refractivity (Wildman–Crippen MR) is 90.0 cm³/mol. The summed E-state index contributed by atoms with van der Waals surface area (Å²) in [6, 6.07) is 8.25. The zero-order chi connectivity index (χ0) is 18.4. The van der Waals surface area contributed by atoms with E-state index in [1.165, 1.54) is 12.5 Å². The Balaban J connectivity index is 2.01. The number of nitrogens with one attached hydrogen (secondary N) is 1. The highest BCUT2D eigenvalue weighted by molar-refractivity contribution is 5.91. The van der Waals surface area contributed by atoms with Crippen molar-refractivity contribution in [3.63, 3.8) is 0 Å². The van der Waals surface area contributed by atoms with Gasteiger partial charge in [0.15, 0.2) is 6.23 Å². The summed E-state index contributed by atoms with van der Waals surface area (Å²) in [6.45, 7) is 3.27. The molecule has 7 nitrogen and oxygen atoms in total. The smallest absolute Gasteiger partial charge is 0.343 e. The van der Waals surface area contributed by atoms with Gasteiger partial charge in [0.05, 0.1) is 0 Å². The Bertz CT molecular complexity index is 625. The third-order valence-corrected chi connectivity index (χ3v) is 4.01. The van der Waals surface area contributed by atoms with Crippen LogP contribution in [0.15, 0.2) is 24.3 Å². The van der Waals surface area contributed by atoms with Crippen molar-refractivity contribution >= 4 is 17.8 Å². The summed E-state index contributed by atoms with van der Waals surface area (Å²) in [5, 5.41) is 0. The van der Waals surface area contributed by atoms with Gasteiger partial charge in [0.2, 0.25) is 5.91 Å². The molecule has 1 saturated carbocycles. The van der Waals surface area contributed by atoms with Crippen LogP contribution in [0.3, 0.4) is 0 Å². The lowest BCUT2D eigenvalue weighted by molar-refractivity contribution is -0.169. The number of esters is 1. The van der Waals surface area contributed by atoms with Gasteiger partial charge in [0, 0.05) is 18.5 Å². The summed E-state index contributed by atoms with van der Waals surface area (Å²) >= 11 is 0. The van der Waals surface area contributed by atoms with Crippen LogP contribution in [0.5, 0.6) is 0 Å². The maximum absolute atomic E-state index is 12.1. The lowest BCUT2D eigenvalue weighted by atomic mass is 10.1. The summed E-state index contributed by atoms with van der Waals surface area (Å²) in [7, 11) is 1.90. The molecular weight excluding hydrogens is 324 g/mol.